The normalized spacial score (nSPS) is 14.9. The van der Waals surface area contributed by atoms with Crippen molar-refractivity contribution in [1.82, 2.24) is 16.2 Å². The molecule has 1 aliphatic carbocycles. The number of hydrogen-bond donors (Lipinski definition) is 3. The van der Waals surface area contributed by atoms with Crippen LogP contribution >= 0.6 is 12.2 Å². The van der Waals surface area contributed by atoms with Crippen molar-refractivity contribution in [3.8, 4) is 0 Å². The zero-order valence-electron chi connectivity index (χ0n) is 12.4. The van der Waals surface area contributed by atoms with Gasteiger partial charge in [0.15, 0.2) is 5.11 Å². The summed E-state index contributed by atoms with van der Waals surface area (Å²) in [4.78, 5) is 23.8. The van der Waals surface area contributed by atoms with Crippen LogP contribution in [0, 0.1) is 5.92 Å². The molecule has 1 aromatic rings. The topological polar surface area (TPSA) is 70.2 Å². The molecule has 1 aromatic carbocycles. The first-order valence-corrected chi connectivity index (χ1v) is 7.99. The average molecular weight is 319 g/mol. The molecule has 1 aliphatic rings. The summed E-state index contributed by atoms with van der Waals surface area (Å²) in [6.07, 6.45) is 5.47. The second-order valence-electron chi connectivity index (χ2n) is 5.49. The van der Waals surface area contributed by atoms with Gasteiger partial charge in [-0.25, -0.2) is 0 Å². The van der Waals surface area contributed by atoms with Gasteiger partial charge in [0.2, 0.25) is 11.8 Å². The van der Waals surface area contributed by atoms with E-state index in [9.17, 15) is 9.59 Å². The van der Waals surface area contributed by atoms with Crippen LogP contribution in [0.3, 0.4) is 0 Å². The Kier molecular flexibility index (Phi) is 6.33. The quantitative estimate of drug-likeness (QED) is 0.587. The lowest BCUT2D eigenvalue weighted by atomic mass is 9.89. The van der Waals surface area contributed by atoms with Crippen LogP contribution in [0.15, 0.2) is 30.3 Å². The molecule has 2 rings (SSSR count). The number of amides is 2. The third-order valence-electron chi connectivity index (χ3n) is 3.74. The first kappa shape index (κ1) is 16.4. The second-order valence-corrected chi connectivity index (χ2v) is 5.90. The van der Waals surface area contributed by atoms with E-state index in [0.29, 0.717) is 0 Å². The molecule has 0 saturated heterocycles. The van der Waals surface area contributed by atoms with Crippen LogP contribution in [0.1, 0.15) is 37.7 Å². The summed E-state index contributed by atoms with van der Waals surface area (Å²) < 4.78 is 0. The maximum Gasteiger partial charge on any atom is 0.241 e. The van der Waals surface area contributed by atoms with Gasteiger partial charge in [-0.3, -0.25) is 20.4 Å². The van der Waals surface area contributed by atoms with Crippen LogP contribution < -0.4 is 16.2 Å². The van der Waals surface area contributed by atoms with E-state index in [1.54, 1.807) is 0 Å². The van der Waals surface area contributed by atoms with Crippen molar-refractivity contribution in [2.24, 2.45) is 5.92 Å². The maximum absolute atomic E-state index is 11.9. The van der Waals surface area contributed by atoms with Gasteiger partial charge >= 0.3 is 0 Å². The van der Waals surface area contributed by atoms with Crippen molar-refractivity contribution in [1.29, 1.82) is 0 Å². The number of hydrogen-bond acceptors (Lipinski definition) is 3. The number of carbonyl (C=O) groups is 2. The van der Waals surface area contributed by atoms with Crippen LogP contribution in [0.25, 0.3) is 0 Å². The molecule has 118 valence electrons. The van der Waals surface area contributed by atoms with Gasteiger partial charge in [0.25, 0.3) is 0 Å². The molecule has 0 radical (unpaired) electrons. The van der Waals surface area contributed by atoms with E-state index < -0.39 is 0 Å². The molecule has 22 heavy (non-hydrogen) atoms. The van der Waals surface area contributed by atoms with Gasteiger partial charge in [0.1, 0.15) is 0 Å². The Hall–Kier alpha value is -1.95. The SMILES string of the molecule is O=C(Cc1ccccc1)NC(=S)NNC(=O)C1CCCCC1. The van der Waals surface area contributed by atoms with Gasteiger partial charge in [-0.05, 0) is 30.6 Å². The number of rotatable bonds is 3. The number of benzene rings is 1. The molecule has 0 unspecified atom stereocenters. The van der Waals surface area contributed by atoms with Crippen LogP contribution in [-0.2, 0) is 16.0 Å². The van der Waals surface area contributed by atoms with Crippen LogP contribution in [-0.4, -0.2) is 16.9 Å². The van der Waals surface area contributed by atoms with E-state index in [-0.39, 0.29) is 29.3 Å². The fraction of sp³-hybridized carbons (Fsp3) is 0.438. The summed E-state index contributed by atoms with van der Waals surface area (Å²) in [6, 6.07) is 9.41. The molecule has 2 amide bonds. The molecule has 0 atom stereocenters. The predicted molar refractivity (Wildman–Crippen MR) is 88.7 cm³/mol. The molecule has 0 bridgehead atoms. The lowest BCUT2D eigenvalue weighted by Gasteiger charge is -2.21. The van der Waals surface area contributed by atoms with Gasteiger partial charge in [-0.2, -0.15) is 0 Å². The molecule has 1 fully saturated rings. The Morgan fingerprint density at radius 1 is 1.05 bits per heavy atom. The van der Waals surface area contributed by atoms with E-state index in [1.165, 1.54) is 6.42 Å². The van der Waals surface area contributed by atoms with Gasteiger partial charge in [0, 0.05) is 5.92 Å². The molecular formula is C16H21N3O2S. The Bertz CT molecular complexity index is 527. The van der Waals surface area contributed by atoms with Crippen molar-refractivity contribution < 1.29 is 9.59 Å². The van der Waals surface area contributed by atoms with Crippen LogP contribution in [0.2, 0.25) is 0 Å². The van der Waals surface area contributed by atoms with Crippen LogP contribution in [0.5, 0.6) is 0 Å². The molecular weight excluding hydrogens is 298 g/mol. The first-order chi connectivity index (χ1) is 10.6. The fourth-order valence-corrected chi connectivity index (χ4v) is 2.73. The monoisotopic (exact) mass is 319 g/mol. The highest BCUT2D eigenvalue weighted by Gasteiger charge is 2.21. The van der Waals surface area contributed by atoms with E-state index in [0.717, 1.165) is 31.2 Å². The van der Waals surface area contributed by atoms with Gasteiger partial charge in [0.05, 0.1) is 6.42 Å². The smallest absolute Gasteiger partial charge is 0.241 e. The highest BCUT2D eigenvalue weighted by molar-refractivity contribution is 7.80. The summed E-state index contributed by atoms with van der Waals surface area (Å²) in [5.74, 6) is -0.223. The lowest BCUT2D eigenvalue weighted by molar-refractivity contribution is -0.126. The summed E-state index contributed by atoms with van der Waals surface area (Å²) in [6.45, 7) is 0. The number of carbonyl (C=O) groups excluding carboxylic acids is 2. The van der Waals surface area contributed by atoms with Crippen molar-refractivity contribution in [3.05, 3.63) is 35.9 Å². The third kappa shape index (κ3) is 5.44. The number of thiocarbonyl (C=S) groups is 1. The minimum absolute atomic E-state index is 0.0454. The summed E-state index contributed by atoms with van der Waals surface area (Å²) in [5.41, 5.74) is 6.08. The molecule has 6 heteroatoms. The third-order valence-corrected chi connectivity index (χ3v) is 3.94. The Morgan fingerprint density at radius 3 is 2.41 bits per heavy atom. The summed E-state index contributed by atoms with van der Waals surface area (Å²) >= 11 is 5.01. The maximum atomic E-state index is 11.9. The fourth-order valence-electron chi connectivity index (χ4n) is 2.57. The highest BCUT2D eigenvalue weighted by Crippen LogP contribution is 2.23. The minimum Gasteiger partial charge on any atom is -0.302 e. The lowest BCUT2D eigenvalue weighted by Crippen LogP contribution is -2.50. The van der Waals surface area contributed by atoms with Crippen molar-refractivity contribution in [2.45, 2.75) is 38.5 Å². The molecule has 0 aromatic heterocycles. The molecule has 1 saturated carbocycles. The molecule has 0 spiro atoms. The summed E-state index contributed by atoms with van der Waals surface area (Å²) in [7, 11) is 0. The number of hydrazine groups is 1. The molecule has 0 aliphatic heterocycles. The van der Waals surface area contributed by atoms with Gasteiger partial charge < -0.3 is 5.32 Å². The zero-order valence-corrected chi connectivity index (χ0v) is 13.2. The Morgan fingerprint density at radius 2 is 1.73 bits per heavy atom. The van der Waals surface area contributed by atoms with Crippen molar-refractivity contribution >= 4 is 29.1 Å². The van der Waals surface area contributed by atoms with E-state index >= 15 is 0 Å². The van der Waals surface area contributed by atoms with Gasteiger partial charge in [-0.1, -0.05) is 49.6 Å². The highest BCUT2D eigenvalue weighted by atomic mass is 32.1. The zero-order chi connectivity index (χ0) is 15.8. The molecule has 5 nitrogen and oxygen atoms in total. The average Bonchev–Trinajstić information content (AvgIpc) is 2.54. The summed E-state index contributed by atoms with van der Waals surface area (Å²) in [5, 5.41) is 2.67. The minimum atomic E-state index is -0.212. The van der Waals surface area contributed by atoms with E-state index in [4.69, 9.17) is 12.2 Å². The number of nitrogens with one attached hydrogen (secondary N) is 3. The van der Waals surface area contributed by atoms with E-state index in [1.807, 2.05) is 30.3 Å². The Balaban J connectivity index is 1.68. The predicted octanol–water partition coefficient (Wildman–Crippen LogP) is 1.83. The first-order valence-electron chi connectivity index (χ1n) is 7.59. The van der Waals surface area contributed by atoms with Crippen molar-refractivity contribution in [3.63, 3.8) is 0 Å². The Labute approximate surface area is 135 Å². The largest absolute Gasteiger partial charge is 0.302 e. The van der Waals surface area contributed by atoms with E-state index in [2.05, 4.69) is 16.2 Å². The standard InChI is InChI=1S/C16H21N3O2S/c20-14(11-12-7-3-1-4-8-12)17-16(22)19-18-15(21)13-9-5-2-6-10-13/h1,3-4,7-8,13H,2,5-6,9-11H2,(H,18,21)(H2,17,19,20,22). The van der Waals surface area contributed by atoms with Crippen LogP contribution in [0.4, 0.5) is 0 Å². The molecule has 3 N–H and O–H groups in total. The van der Waals surface area contributed by atoms with Gasteiger partial charge in [-0.15, -0.1) is 0 Å². The second kappa shape index (κ2) is 8.48. The molecule has 0 heterocycles. The van der Waals surface area contributed by atoms with Crippen molar-refractivity contribution in [2.75, 3.05) is 0 Å².